The summed E-state index contributed by atoms with van der Waals surface area (Å²) in [6.45, 7) is 0.305. The molecule has 1 fully saturated rings. The number of aliphatic carboxylic acids is 1. The molecule has 0 spiro atoms. The minimum atomic E-state index is -1.30. The lowest BCUT2D eigenvalue weighted by Crippen LogP contribution is -2.47. The first-order chi connectivity index (χ1) is 8.57. The molecule has 1 heterocycles. The van der Waals surface area contributed by atoms with E-state index in [2.05, 4.69) is 5.32 Å². The Morgan fingerprint density at radius 3 is 2.89 bits per heavy atom. The average Bonchev–Trinajstić information content (AvgIpc) is 2.81. The van der Waals surface area contributed by atoms with Gasteiger partial charge in [0.05, 0.1) is 23.9 Å². The lowest BCUT2D eigenvalue weighted by atomic mass is 9.98. The van der Waals surface area contributed by atoms with Gasteiger partial charge in [-0.3, -0.25) is 0 Å². The SMILES string of the molecule is N#Cc1ccc(NC2(C(=O)O)CCOC2)c(F)c1. The van der Waals surface area contributed by atoms with E-state index in [0.717, 1.165) is 6.07 Å². The van der Waals surface area contributed by atoms with Crippen LogP contribution in [0.5, 0.6) is 0 Å². The molecule has 1 unspecified atom stereocenters. The maximum absolute atomic E-state index is 13.7. The Labute approximate surface area is 103 Å². The molecule has 2 rings (SSSR count). The van der Waals surface area contributed by atoms with Crippen LogP contribution in [-0.4, -0.2) is 29.8 Å². The van der Waals surface area contributed by atoms with Gasteiger partial charge < -0.3 is 15.2 Å². The summed E-state index contributed by atoms with van der Waals surface area (Å²) in [5.41, 5.74) is -1.05. The molecule has 0 saturated carbocycles. The van der Waals surface area contributed by atoms with Crippen LogP contribution in [0.4, 0.5) is 10.1 Å². The molecular formula is C12H11FN2O3. The fourth-order valence-electron chi connectivity index (χ4n) is 1.83. The normalized spacial score (nSPS) is 22.4. The van der Waals surface area contributed by atoms with E-state index in [1.807, 2.05) is 6.07 Å². The highest BCUT2D eigenvalue weighted by molar-refractivity contribution is 5.83. The van der Waals surface area contributed by atoms with Crippen molar-refractivity contribution in [2.45, 2.75) is 12.0 Å². The maximum atomic E-state index is 13.7. The van der Waals surface area contributed by atoms with Gasteiger partial charge in [0.1, 0.15) is 5.82 Å². The quantitative estimate of drug-likeness (QED) is 0.846. The summed E-state index contributed by atoms with van der Waals surface area (Å²) in [4.78, 5) is 11.2. The number of nitriles is 1. The van der Waals surface area contributed by atoms with Gasteiger partial charge in [-0.25, -0.2) is 9.18 Å². The molecule has 1 saturated heterocycles. The Morgan fingerprint density at radius 1 is 1.61 bits per heavy atom. The molecule has 1 aromatic rings. The molecule has 0 aromatic heterocycles. The summed E-state index contributed by atoms with van der Waals surface area (Å²) < 4.78 is 18.7. The summed E-state index contributed by atoms with van der Waals surface area (Å²) in [6, 6.07) is 5.66. The molecule has 94 valence electrons. The van der Waals surface area contributed by atoms with Gasteiger partial charge in [0.15, 0.2) is 5.54 Å². The highest BCUT2D eigenvalue weighted by Gasteiger charge is 2.43. The summed E-state index contributed by atoms with van der Waals surface area (Å²) in [7, 11) is 0. The van der Waals surface area contributed by atoms with Crippen molar-refractivity contribution in [2.24, 2.45) is 0 Å². The van der Waals surface area contributed by atoms with Crippen molar-refractivity contribution in [1.29, 1.82) is 5.26 Å². The molecule has 1 atom stereocenters. The first-order valence-electron chi connectivity index (χ1n) is 5.36. The predicted molar refractivity (Wildman–Crippen MR) is 60.5 cm³/mol. The van der Waals surface area contributed by atoms with E-state index < -0.39 is 17.3 Å². The van der Waals surface area contributed by atoms with Crippen LogP contribution in [0.3, 0.4) is 0 Å². The number of halogens is 1. The second kappa shape index (κ2) is 4.63. The third kappa shape index (κ3) is 2.13. The van der Waals surface area contributed by atoms with Gasteiger partial charge in [-0.1, -0.05) is 0 Å². The fraction of sp³-hybridized carbons (Fsp3) is 0.333. The fourth-order valence-corrected chi connectivity index (χ4v) is 1.83. The Bertz CT molecular complexity index is 519. The minimum absolute atomic E-state index is 0.0121. The standard InChI is InChI=1S/C12H11FN2O3/c13-9-5-8(6-14)1-2-10(9)15-12(11(16)17)3-4-18-7-12/h1-2,5,15H,3-4,7H2,(H,16,17). The van der Waals surface area contributed by atoms with Crippen LogP contribution in [-0.2, 0) is 9.53 Å². The smallest absolute Gasteiger partial charge is 0.331 e. The Hall–Kier alpha value is -2.13. The van der Waals surface area contributed by atoms with E-state index in [0.29, 0.717) is 6.61 Å². The first kappa shape index (κ1) is 12.3. The van der Waals surface area contributed by atoms with Crippen molar-refractivity contribution in [3.8, 4) is 6.07 Å². The van der Waals surface area contributed by atoms with Crippen molar-refractivity contribution in [3.05, 3.63) is 29.6 Å². The average molecular weight is 250 g/mol. The Morgan fingerprint density at radius 2 is 2.39 bits per heavy atom. The summed E-state index contributed by atoms with van der Waals surface area (Å²) in [6.07, 6.45) is 0.266. The Balaban J connectivity index is 2.28. The van der Waals surface area contributed by atoms with Crippen LogP contribution in [0.1, 0.15) is 12.0 Å². The van der Waals surface area contributed by atoms with Crippen LogP contribution in [0.25, 0.3) is 0 Å². The van der Waals surface area contributed by atoms with Gasteiger partial charge in [-0.2, -0.15) is 5.26 Å². The minimum Gasteiger partial charge on any atom is -0.479 e. The van der Waals surface area contributed by atoms with Crippen molar-refractivity contribution in [3.63, 3.8) is 0 Å². The highest BCUT2D eigenvalue weighted by Crippen LogP contribution is 2.26. The number of hydrogen-bond donors (Lipinski definition) is 2. The molecule has 18 heavy (non-hydrogen) atoms. The topological polar surface area (TPSA) is 82.4 Å². The number of carbonyl (C=O) groups is 1. The molecule has 0 aliphatic carbocycles. The maximum Gasteiger partial charge on any atom is 0.331 e. The van der Waals surface area contributed by atoms with E-state index >= 15 is 0 Å². The zero-order valence-corrected chi connectivity index (χ0v) is 9.44. The van der Waals surface area contributed by atoms with Crippen molar-refractivity contribution >= 4 is 11.7 Å². The Kier molecular flexibility index (Phi) is 3.17. The van der Waals surface area contributed by atoms with Gasteiger partial charge in [-0.15, -0.1) is 0 Å². The van der Waals surface area contributed by atoms with Gasteiger partial charge >= 0.3 is 5.97 Å². The summed E-state index contributed by atoms with van der Waals surface area (Å²) in [5.74, 6) is -1.73. The third-order valence-corrected chi connectivity index (χ3v) is 2.90. The number of carboxylic acids is 1. The summed E-state index contributed by atoms with van der Waals surface area (Å²) >= 11 is 0. The van der Waals surface area contributed by atoms with Crippen molar-refractivity contribution in [2.75, 3.05) is 18.5 Å². The lowest BCUT2D eigenvalue weighted by Gasteiger charge is -2.25. The molecule has 1 aromatic carbocycles. The van der Waals surface area contributed by atoms with Gasteiger partial charge in [-0.05, 0) is 18.2 Å². The number of rotatable bonds is 3. The van der Waals surface area contributed by atoms with E-state index in [4.69, 9.17) is 10.00 Å². The molecule has 0 radical (unpaired) electrons. The number of benzene rings is 1. The van der Waals surface area contributed by atoms with E-state index in [9.17, 15) is 14.3 Å². The van der Waals surface area contributed by atoms with Gasteiger partial charge in [0.2, 0.25) is 0 Å². The molecule has 1 aliphatic heterocycles. The number of ether oxygens (including phenoxy) is 1. The number of nitrogens with zero attached hydrogens (tertiary/aromatic N) is 1. The zero-order valence-electron chi connectivity index (χ0n) is 9.44. The van der Waals surface area contributed by atoms with Crippen LogP contribution in [0, 0.1) is 17.1 Å². The largest absolute Gasteiger partial charge is 0.479 e. The van der Waals surface area contributed by atoms with Crippen LogP contribution >= 0.6 is 0 Å². The number of anilines is 1. The lowest BCUT2D eigenvalue weighted by molar-refractivity contribution is -0.142. The molecular weight excluding hydrogens is 239 g/mol. The highest BCUT2D eigenvalue weighted by atomic mass is 19.1. The molecule has 5 nitrogen and oxygen atoms in total. The van der Waals surface area contributed by atoms with Gasteiger partial charge in [0, 0.05) is 13.0 Å². The molecule has 2 N–H and O–H groups in total. The van der Waals surface area contributed by atoms with Crippen LogP contribution in [0.2, 0.25) is 0 Å². The van der Waals surface area contributed by atoms with Crippen molar-refractivity contribution < 1.29 is 19.0 Å². The molecule has 0 bridgehead atoms. The van der Waals surface area contributed by atoms with Crippen LogP contribution < -0.4 is 5.32 Å². The van der Waals surface area contributed by atoms with E-state index in [-0.39, 0.29) is 24.3 Å². The second-order valence-electron chi connectivity index (χ2n) is 4.12. The number of hydrogen-bond acceptors (Lipinski definition) is 4. The van der Waals surface area contributed by atoms with E-state index in [1.54, 1.807) is 0 Å². The predicted octanol–water partition coefficient (Wildman–Crippen LogP) is 1.35. The molecule has 0 amide bonds. The summed E-state index contributed by atoms with van der Waals surface area (Å²) in [5, 5.41) is 20.5. The molecule has 1 aliphatic rings. The van der Waals surface area contributed by atoms with Crippen molar-refractivity contribution in [1.82, 2.24) is 0 Å². The first-order valence-corrected chi connectivity index (χ1v) is 5.36. The monoisotopic (exact) mass is 250 g/mol. The van der Waals surface area contributed by atoms with Gasteiger partial charge in [0.25, 0.3) is 0 Å². The third-order valence-electron chi connectivity index (χ3n) is 2.90. The number of carboxylic acid groups (broad SMARTS) is 1. The zero-order chi connectivity index (χ0) is 13.2. The van der Waals surface area contributed by atoms with Crippen LogP contribution in [0.15, 0.2) is 18.2 Å². The second-order valence-corrected chi connectivity index (χ2v) is 4.12. The number of nitrogens with one attached hydrogen (secondary N) is 1. The van der Waals surface area contributed by atoms with E-state index in [1.165, 1.54) is 12.1 Å². The molecule has 6 heteroatoms.